The number of nitro benzene ring substituents is 1. The highest BCUT2D eigenvalue weighted by atomic mass is 79.9. The molecule has 0 aliphatic carbocycles. The number of non-ortho nitro benzene ring substituents is 1. The molecule has 0 spiro atoms. The van der Waals surface area contributed by atoms with E-state index in [2.05, 4.69) is 6.58 Å². The summed E-state index contributed by atoms with van der Waals surface area (Å²) in [4.78, 5) is 22.0. The standard InChI is InChI=1S/C13H12N3O3.BrH/c1-2-14-7-8-15(10-14)9-13(17)11-3-5-12(6-4-11)16(18)19;/h2-8,10H,1,9H2;1H/q+1;/p-1. The van der Waals surface area contributed by atoms with E-state index in [1.54, 1.807) is 34.1 Å². The van der Waals surface area contributed by atoms with Gasteiger partial charge in [0.25, 0.3) is 5.69 Å². The summed E-state index contributed by atoms with van der Waals surface area (Å²) >= 11 is 0. The minimum absolute atomic E-state index is 0. The van der Waals surface area contributed by atoms with Gasteiger partial charge in [0.05, 0.1) is 11.1 Å². The van der Waals surface area contributed by atoms with Crippen LogP contribution in [0.2, 0.25) is 0 Å². The fraction of sp³-hybridized carbons (Fsp3) is 0.0769. The van der Waals surface area contributed by atoms with Crippen LogP contribution in [-0.2, 0) is 6.54 Å². The minimum Gasteiger partial charge on any atom is -1.00 e. The number of hydrogen-bond acceptors (Lipinski definition) is 3. The fourth-order valence-electron chi connectivity index (χ4n) is 1.64. The maximum Gasteiger partial charge on any atom is 0.269 e. The Labute approximate surface area is 125 Å². The van der Waals surface area contributed by atoms with Crippen molar-refractivity contribution in [3.63, 3.8) is 0 Å². The molecule has 0 N–H and O–H groups in total. The minimum atomic E-state index is -0.493. The molecule has 6 nitrogen and oxygen atoms in total. The van der Waals surface area contributed by atoms with Gasteiger partial charge >= 0.3 is 0 Å². The van der Waals surface area contributed by atoms with Gasteiger partial charge in [-0.1, -0.05) is 6.58 Å². The maximum absolute atomic E-state index is 12.0. The second-order valence-electron chi connectivity index (χ2n) is 3.94. The summed E-state index contributed by atoms with van der Waals surface area (Å²) in [6.07, 6.45) is 6.88. The molecule has 7 heteroatoms. The van der Waals surface area contributed by atoms with Crippen molar-refractivity contribution in [2.45, 2.75) is 6.54 Å². The van der Waals surface area contributed by atoms with Crippen molar-refractivity contribution in [1.82, 2.24) is 4.57 Å². The van der Waals surface area contributed by atoms with Gasteiger partial charge in [-0.3, -0.25) is 14.9 Å². The first-order valence-corrected chi connectivity index (χ1v) is 5.57. The Hall–Kier alpha value is -2.28. The van der Waals surface area contributed by atoms with E-state index < -0.39 is 4.92 Å². The topological polar surface area (TPSA) is 69.0 Å². The number of nitrogens with zero attached hydrogens (tertiary/aromatic N) is 3. The number of imidazole rings is 1. The predicted octanol–water partition coefficient (Wildman–Crippen LogP) is -1.33. The molecular weight excluding hydrogens is 326 g/mol. The molecule has 0 bridgehead atoms. The second-order valence-corrected chi connectivity index (χ2v) is 3.94. The Bertz CT molecular complexity index is 635. The molecule has 0 radical (unpaired) electrons. The first-order valence-electron chi connectivity index (χ1n) is 5.57. The number of carbonyl (C=O) groups is 1. The quantitative estimate of drug-likeness (QED) is 0.294. The number of benzene rings is 1. The third-order valence-corrected chi connectivity index (χ3v) is 2.65. The Morgan fingerprint density at radius 1 is 1.40 bits per heavy atom. The van der Waals surface area contributed by atoms with Crippen molar-refractivity contribution in [2.75, 3.05) is 0 Å². The van der Waals surface area contributed by atoms with Crippen LogP contribution in [-0.4, -0.2) is 15.3 Å². The summed E-state index contributed by atoms with van der Waals surface area (Å²) in [5.41, 5.74) is 0.423. The van der Waals surface area contributed by atoms with Gasteiger partial charge in [0, 0.05) is 17.7 Å². The maximum atomic E-state index is 12.0. The van der Waals surface area contributed by atoms with Crippen molar-refractivity contribution in [2.24, 2.45) is 0 Å². The van der Waals surface area contributed by atoms with Crippen LogP contribution in [0.5, 0.6) is 0 Å². The number of nitro groups is 1. The molecule has 2 rings (SSSR count). The molecule has 1 aromatic carbocycles. The fourth-order valence-corrected chi connectivity index (χ4v) is 1.64. The van der Waals surface area contributed by atoms with Gasteiger partial charge in [-0.25, -0.2) is 9.13 Å². The van der Waals surface area contributed by atoms with Crippen LogP contribution in [0.3, 0.4) is 0 Å². The molecule has 0 unspecified atom stereocenters. The van der Waals surface area contributed by atoms with Gasteiger partial charge in [0.2, 0.25) is 12.1 Å². The smallest absolute Gasteiger partial charge is 0.269 e. The lowest BCUT2D eigenvalue weighted by atomic mass is 10.1. The van der Waals surface area contributed by atoms with E-state index in [1.165, 1.54) is 24.3 Å². The van der Waals surface area contributed by atoms with Gasteiger partial charge < -0.3 is 17.0 Å². The number of halogens is 1. The number of carbonyl (C=O) groups excluding carboxylic acids is 1. The molecule has 1 aromatic heterocycles. The molecular formula is C13H12BrN3O3. The van der Waals surface area contributed by atoms with Gasteiger partial charge in [0.1, 0.15) is 12.4 Å². The lowest BCUT2D eigenvalue weighted by Crippen LogP contribution is -3.00. The largest absolute Gasteiger partial charge is 1.00 e. The van der Waals surface area contributed by atoms with Crippen LogP contribution in [0, 0.1) is 10.1 Å². The van der Waals surface area contributed by atoms with Crippen molar-refractivity contribution in [3.05, 3.63) is 65.2 Å². The molecule has 1 heterocycles. The summed E-state index contributed by atoms with van der Waals surface area (Å²) in [5, 5.41) is 10.5. The third-order valence-electron chi connectivity index (χ3n) is 2.65. The van der Waals surface area contributed by atoms with Gasteiger partial charge in [-0.05, 0) is 12.1 Å². The van der Waals surface area contributed by atoms with Gasteiger partial charge in [-0.2, -0.15) is 0 Å². The molecule has 104 valence electrons. The molecule has 0 aliphatic heterocycles. The molecule has 0 atom stereocenters. The Morgan fingerprint density at radius 2 is 2.05 bits per heavy atom. The van der Waals surface area contributed by atoms with Crippen LogP contribution in [0.15, 0.2) is 49.6 Å². The van der Waals surface area contributed by atoms with E-state index in [4.69, 9.17) is 0 Å². The Balaban J connectivity index is 0.00000200. The van der Waals surface area contributed by atoms with Crippen LogP contribution in [0.25, 0.3) is 6.20 Å². The van der Waals surface area contributed by atoms with Crippen LogP contribution < -0.4 is 21.5 Å². The SMILES string of the molecule is C=Cn1cc[n+](CC(=O)c2ccc([N+](=O)[O-])cc2)c1.[Br-]. The first kappa shape index (κ1) is 15.8. The Morgan fingerprint density at radius 3 is 2.55 bits per heavy atom. The zero-order valence-corrected chi connectivity index (χ0v) is 12.1. The molecule has 0 amide bonds. The summed E-state index contributed by atoms with van der Waals surface area (Å²) in [5.74, 6) is -0.110. The van der Waals surface area contributed by atoms with Crippen LogP contribution in [0.4, 0.5) is 5.69 Å². The highest BCUT2D eigenvalue weighted by molar-refractivity contribution is 5.95. The highest BCUT2D eigenvalue weighted by Gasteiger charge is 2.12. The third kappa shape index (κ3) is 3.61. The zero-order valence-electron chi connectivity index (χ0n) is 10.5. The van der Waals surface area contributed by atoms with E-state index in [0.29, 0.717) is 5.56 Å². The van der Waals surface area contributed by atoms with Gasteiger partial charge in [-0.15, -0.1) is 0 Å². The van der Waals surface area contributed by atoms with Crippen molar-refractivity contribution in [3.8, 4) is 0 Å². The van der Waals surface area contributed by atoms with E-state index >= 15 is 0 Å². The lowest BCUT2D eigenvalue weighted by Gasteiger charge is -1.98. The second kappa shape index (κ2) is 6.76. The van der Waals surface area contributed by atoms with Crippen molar-refractivity contribution in [1.29, 1.82) is 0 Å². The van der Waals surface area contributed by atoms with Crippen LogP contribution >= 0.6 is 0 Å². The lowest BCUT2D eigenvalue weighted by molar-refractivity contribution is -0.682. The number of ketones is 1. The summed E-state index contributed by atoms with van der Waals surface area (Å²) < 4.78 is 3.44. The zero-order chi connectivity index (χ0) is 13.8. The molecule has 0 aliphatic rings. The molecule has 20 heavy (non-hydrogen) atoms. The van der Waals surface area contributed by atoms with Crippen LogP contribution in [0.1, 0.15) is 10.4 Å². The monoisotopic (exact) mass is 337 g/mol. The summed E-state index contributed by atoms with van der Waals surface area (Å²) in [6.45, 7) is 3.79. The average Bonchev–Trinajstić information content (AvgIpc) is 2.86. The predicted molar refractivity (Wildman–Crippen MR) is 68.4 cm³/mol. The molecule has 0 saturated carbocycles. The van der Waals surface area contributed by atoms with Crippen molar-refractivity contribution >= 4 is 17.7 Å². The summed E-state index contributed by atoms with van der Waals surface area (Å²) in [6, 6.07) is 5.58. The number of hydrogen-bond donors (Lipinski definition) is 0. The molecule has 0 saturated heterocycles. The summed E-state index contributed by atoms with van der Waals surface area (Å²) in [7, 11) is 0. The number of rotatable bonds is 5. The molecule has 0 fully saturated rings. The van der Waals surface area contributed by atoms with Gasteiger partial charge in [0.15, 0.2) is 6.54 Å². The Kier molecular flexibility index (Phi) is 5.33. The first-order chi connectivity index (χ1) is 9.10. The van der Waals surface area contributed by atoms with E-state index in [9.17, 15) is 14.9 Å². The number of Topliss-reactive ketones (excluding diaryl/α,β-unsaturated/α-hetero) is 1. The van der Waals surface area contributed by atoms with E-state index in [0.717, 1.165) is 0 Å². The molecule has 2 aromatic rings. The normalized spacial score (nSPS) is 9.60. The van der Waals surface area contributed by atoms with Crippen molar-refractivity contribution < 1.29 is 31.3 Å². The highest BCUT2D eigenvalue weighted by Crippen LogP contribution is 2.12. The van der Waals surface area contributed by atoms with E-state index in [-0.39, 0.29) is 35.0 Å². The van der Waals surface area contributed by atoms with E-state index in [1.807, 2.05) is 0 Å². The number of aromatic nitrogens is 2. The average molecular weight is 338 g/mol.